The van der Waals surface area contributed by atoms with Gasteiger partial charge in [0.2, 0.25) is 0 Å². The van der Waals surface area contributed by atoms with Crippen LogP contribution in [-0.2, 0) is 0 Å². The predicted octanol–water partition coefficient (Wildman–Crippen LogP) is 3.36. The molecule has 0 saturated heterocycles. The maximum atomic E-state index is 8.97. The molecule has 1 heterocycles. The summed E-state index contributed by atoms with van der Waals surface area (Å²) in [5, 5.41) is 12.6. The molecule has 0 spiro atoms. The quantitative estimate of drug-likeness (QED) is 0.918. The fourth-order valence-corrected chi connectivity index (χ4v) is 1.75. The predicted molar refractivity (Wildman–Crippen MR) is 70.2 cm³/mol. The number of halogens is 1. The van der Waals surface area contributed by atoms with Gasteiger partial charge in [-0.15, -0.1) is 0 Å². The van der Waals surface area contributed by atoms with Gasteiger partial charge in [-0.3, -0.25) is 4.98 Å². The summed E-state index contributed by atoms with van der Waals surface area (Å²) in [6.45, 7) is 0. The Morgan fingerprint density at radius 1 is 1.39 bits per heavy atom. The van der Waals surface area contributed by atoms with Gasteiger partial charge < -0.3 is 10.1 Å². The molecule has 0 aliphatic rings. The second kappa shape index (κ2) is 5.39. The average molecular weight is 260 g/mol. The Kier molecular flexibility index (Phi) is 3.66. The van der Waals surface area contributed by atoms with Gasteiger partial charge in [-0.05, 0) is 24.3 Å². The summed E-state index contributed by atoms with van der Waals surface area (Å²) in [7, 11) is 1.56. The number of nitrogens with zero attached hydrogens (tertiary/aromatic N) is 2. The Bertz CT molecular complexity index is 607. The van der Waals surface area contributed by atoms with Crippen LogP contribution in [-0.4, -0.2) is 12.1 Å². The second-order valence-electron chi connectivity index (χ2n) is 3.51. The molecule has 2 rings (SSSR count). The van der Waals surface area contributed by atoms with Crippen molar-refractivity contribution in [3.63, 3.8) is 0 Å². The van der Waals surface area contributed by atoms with Crippen LogP contribution >= 0.6 is 11.6 Å². The highest BCUT2D eigenvalue weighted by atomic mass is 35.5. The number of nitriles is 1. The number of aromatic nitrogens is 1. The van der Waals surface area contributed by atoms with Crippen molar-refractivity contribution in [2.24, 2.45) is 0 Å². The molecular formula is C13H10ClN3O. The summed E-state index contributed by atoms with van der Waals surface area (Å²) in [5.74, 6) is 0.605. The SMILES string of the molecule is COc1ccc(Nc2cnccc2C#N)cc1Cl. The minimum absolute atomic E-state index is 0.505. The summed E-state index contributed by atoms with van der Waals surface area (Å²) in [4.78, 5) is 3.97. The van der Waals surface area contributed by atoms with E-state index in [0.717, 1.165) is 5.69 Å². The third kappa shape index (κ3) is 2.53. The zero-order valence-corrected chi connectivity index (χ0v) is 10.4. The molecule has 90 valence electrons. The van der Waals surface area contributed by atoms with Crippen LogP contribution in [0.4, 0.5) is 11.4 Å². The number of anilines is 2. The Balaban J connectivity index is 2.29. The lowest BCUT2D eigenvalue weighted by atomic mass is 10.2. The van der Waals surface area contributed by atoms with E-state index in [-0.39, 0.29) is 0 Å². The molecule has 0 amide bonds. The van der Waals surface area contributed by atoms with Gasteiger partial charge >= 0.3 is 0 Å². The highest BCUT2D eigenvalue weighted by molar-refractivity contribution is 6.32. The number of benzene rings is 1. The highest BCUT2D eigenvalue weighted by Gasteiger charge is 2.05. The lowest BCUT2D eigenvalue weighted by molar-refractivity contribution is 0.415. The van der Waals surface area contributed by atoms with Gasteiger partial charge in [0.25, 0.3) is 0 Å². The lowest BCUT2D eigenvalue weighted by Crippen LogP contribution is -1.95. The van der Waals surface area contributed by atoms with E-state index in [9.17, 15) is 0 Å². The standard InChI is InChI=1S/C13H10ClN3O/c1-18-13-3-2-10(6-11(13)14)17-12-8-16-5-4-9(12)7-15/h2-6,8,17H,1H3. The molecule has 2 aromatic rings. The van der Waals surface area contributed by atoms with Crippen molar-refractivity contribution in [1.29, 1.82) is 5.26 Å². The first-order chi connectivity index (χ1) is 8.74. The maximum absolute atomic E-state index is 8.97. The van der Waals surface area contributed by atoms with Crippen molar-refractivity contribution < 1.29 is 4.74 Å². The summed E-state index contributed by atoms with van der Waals surface area (Å²) in [6, 6.07) is 9.05. The molecule has 1 aromatic heterocycles. The molecular weight excluding hydrogens is 250 g/mol. The van der Waals surface area contributed by atoms with Gasteiger partial charge in [0.1, 0.15) is 11.8 Å². The van der Waals surface area contributed by atoms with E-state index < -0.39 is 0 Å². The van der Waals surface area contributed by atoms with Crippen molar-refractivity contribution in [3.8, 4) is 11.8 Å². The first-order valence-electron chi connectivity index (χ1n) is 5.19. The largest absolute Gasteiger partial charge is 0.495 e. The molecule has 1 aromatic carbocycles. The molecule has 0 unspecified atom stereocenters. The summed E-state index contributed by atoms with van der Waals surface area (Å²) < 4.78 is 5.07. The smallest absolute Gasteiger partial charge is 0.137 e. The van der Waals surface area contributed by atoms with E-state index in [0.29, 0.717) is 22.0 Å². The van der Waals surface area contributed by atoms with Crippen molar-refractivity contribution in [2.45, 2.75) is 0 Å². The number of nitrogens with one attached hydrogen (secondary N) is 1. The van der Waals surface area contributed by atoms with Crippen LogP contribution in [0.1, 0.15) is 5.56 Å². The minimum atomic E-state index is 0.505. The number of methoxy groups -OCH3 is 1. The third-order valence-electron chi connectivity index (χ3n) is 2.37. The summed E-state index contributed by atoms with van der Waals surface area (Å²) in [6.07, 6.45) is 3.17. The number of ether oxygens (including phenoxy) is 1. The normalized spacial score (nSPS) is 9.61. The van der Waals surface area contributed by atoms with Gasteiger partial charge in [-0.2, -0.15) is 5.26 Å². The average Bonchev–Trinajstić information content (AvgIpc) is 2.39. The van der Waals surface area contributed by atoms with E-state index in [4.69, 9.17) is 21.6 Å². The van der Waals surface area contributed by atoms with Crippen molar-refractivity contribution in [2.75, 3.05) is 12.4 Å². The van der Waals surface area contributed by atoms with Crippen LogP contribution < -0.4 is 10.1 Å². The number of hydrogen-bond acceptors (Lipinski definition) is 4. The molecule has 0 radical (unpaired) electrons. The van der Waals surface area contributed by atoms with Crippen molar-refractivity contribution >= 4 is 23.0 Å². The topological polar surface area (TPSA) is 57.9 Å². The maximum Gasteiger partial charge on any atom is 0.137 e. The number of rotatable bonds is 3. The van der Waals surface area contributed by atoms with Crippen LogP contribution in [0.3, 0.4) is 0 Å². The van der Waals surface area contributed by atoms with Gasteiger partial charge in [0, 0.05) is 11.9 Å². The lowest BCUT2D eigenvalue weighted by Gasteiger charge is -2.09. The van der Waals surface area contributed by atoms with Crippen molar-refractivity contribution in [1.82, 2.24) is 4.98 Å². The van der Waals surface area contributed by atoms with Gasteiger partial charge in [-0.25, -0.2) is 0 Å². The Morgan fingerprint density at radius 3 is 2.89 bits per heavy atom. The fourth-order valence-electron chi connectivity index (χ4n) is 1.49. The van der Waals surface area contributed by atoms with Gasteiger partial charge in [-0.1, -0.05) is 11.6 Å². The van der Waals surface area contributed by atoms with Crippen LogP contribution in [0, 0.1) is 11.3 Å². The zero-order valence-electron chi connectivity index (χ0n) is 9.64. The molecule has 0 aliphatic carbocycles. The number of pyridine rings is 1. The second-order valence-corrected chi connectivity index (χ2v) is 3.91. The highest BCUT2D eigenvalue weighted by Crippen LogP contribution is 2.29. The molecule has 0 bridgehead atoms. The van der Waals surface area contributed by atoms with Crippen LogP contribution in [0.5, 0.6) is 5.75 Å². The monoisotopic (exact) mass is 259 g/mol. The molecule has 18 heavy (non-hydrogen) atoms. The molecule has 0 saturated carbocycles. The van der Waals surface area contributed by atoms with Crippen LogP contribution in [0.15, 0.2) is 36.7 Å². The van der Waals surface area contributed by atoms with E-state index in [1.54, 1.807) is 37.7 Å². The number of hydrogen-bond donors (Lipinski definition) is 1. The van der Waals surface area contributed by atoms with Gasteiger partial charge in [0.15, 0.2) is 0 Å². The molecule has 0 fully saturated rings. The molecule has 0 atom stereocenters. The van der Waals surface area contributed by atoms with E-state index in [2.05, 4.69) is 16.4 Å². The first-order valence-corrected chi connectivity index (χ1v) is 5.57. The zero-order chi connectivity index (χ0) is 13.0. The fraction of sp³-hybridized carbons (Fsp3) is 0.0769. The van der Waals surface area contributed by atoms with E-state index >= 15 is 0 Å². The molecule has 5 heteroatoms. The molecule has 1 N–H and O–H groups in total. The third-order valence-corrected chi connectivity index (χ3v) is 2.67. The van der Waals surface area contributed by atoms with Crippen LogP contribution in [0.2, 0.25) is 5.02 Å². The Morgan fingerprint density at radius 2 is 2.22 bits per heavy atom. The Hall–Kier alpha value is -2.25. The first kappa shape index (κ1) is 12.2. The van der Waals surface area contributed by atoms with E-state index in [1.165, 1.54) is 0 Å². The molecule has 4 nitrogen and oxygen atoms in total. The van der Waals surface area contributed by atoms with Crippen LogP contribution in [0.25, 0.3) is 0 Å². The Labute approximate surface area is 110 Å². The molecule has 0 aliphatic heterocycles. The van der Waals surface area contributed by atoms with Crippen molar-refractivity contribution in [3.05, 3.63) is 47.2 Å². The minimum Gasteiger partial charge on any atom is -0.495 e. The van der Waals surface area contributed by atoms with E-state index in [1.807, 2.05) is 6.07 Å². The van der Waals surface area contributed by atoms with Gasteiger partial charge in [0.05, 0.1) is 29.6 Å². The summed E-state index contributed by atoms with van der Waals surface area (Å²) >= 11 is 6.02. The summed E-state index contributed by atoms with van der Waals surface area (Å²) in [5.41, 5.74) is 1.93.